The van der Waals surface area contributed by atoms with Gasteiger partial charge in [0.15, 0.2) is 24.0 Å². The summed E-state index contributed by atoms with van der Waals surface area (Å²) in [7, 11) is 0. The average Bonchev–Trinajstić information content (AvgIpc) is 2.77. The first-order valence-corrected chi connectivity index (χ1v) is 7.17. The van der Waals surface area contributed by atoms with Crippen molar-refractivity contribution in [2.75, 3.05) is 6.61 Å². The molecule has 3 saturated heterocycles. The van der Waals surface area contributed by atoms with Gasteiger partial charge in [0, 0.05) is 6.92 Å². The third-order valence-electron chi connectivity index (χ3n) is 3.68. The maximum absolute atomic E-state index is 11.3. The Kier molecular flexibility index (Phi) is 3.53. The first-order chi connectivity index (χ1) is 9.67. The van der Waals surface area contributed by atoms with Crippen LogP contribution in [0.1, 0.15) is 34.6 Å². The largest absolute Gasteiger partial charge is 0.457 e. The zero-order valence-corrected chi connectivity index (χ0v) is 13.0. The lowest BCUT2D eigenvalue weighted by Gasteiger charge is -2.25. The molecule has 0 radical (unpaired) electrons. The molecule has 0 aromatic rings. The molecule has 0 amide bonds. The number of hydrogen-bond acceptors (Lipinski definition) is 7. The van der Waals surface area contributed by atoms with E-state index in [1.54, 1.807) is 0 Å². The monoisotopic (exact) mass is 302 g/mol. The van der Waals surface area contributed by atoms with Crippen LogP contribution in [0.5, 0.6) is 0 Å². The molecule has 3 aliphatic heterocycles. The van der Waals surface area contributed by atoms with Crippen molar-refractivity contribution in [3.8, 4) is 0 Å². The van der Waals surface area contributed by atoms with Gasteiger partial charge in [0.05, 0.1) is 6.61 Å². The van der Waals surface area contributed by atoms with Crippen LogP contribution in [0.15, 0.2) is 0 Å². The van der Waals surface area contributed by atoms with E-state index < -0.39 is 42.3 Å². The maximum atomic E-state index is 11.3. The Morgan fingerprint density at radius 3 is 2.19 bits per heavy atom. The van der Waals surface area contributed by atoms with E-state index in [-0.39, 0.29) is 12.6 Å². The molecule has 21 heavy (non-hydrogen) atoms. The van der Waals surface area contributed by atoms with Crippen LogP contribution in [0.4, 0.5) is 0 Å². The van der Waals surface area contributed by atoms with Crippen molar-refractivity contribution < 1.29 is 33.2 Å². The Bertz CT molecular complexity index is 433. The van der Waals surface area contributed by atoms with E-state index >= 15 is 0 Å². The van der Waals surface area contributed by atoms with E-state index in [9.17, 15) is 4.79 Å². The summed E-state index contributed by atoms with van der Waals surface area (Å²) in [5.41, 5.74) is 0. The van der Waals surface area contributed by atoms with Crippen LogP contribution in [0.2, 0.25) is 0 Å². The predicted octanol–water partition coefficient (Wildman–Crippen LogP) is 0.946. The molecule has 7 nitrogen and oxygen atoms in total. The summed E-state index contributed by atoms with van der Waals surface area (Å²) < 4.78 is 34.5. The maximum Gasteiger partial charge on any atom is 0.303 e. The Hall–Kier alpha value is -0.730. The van der Waals surface area contributed by atoms with Gasteiger partial charge in [-0.15, -0.1) is 0 Å². The zero-order chi connectivity index (χ0) is 15.4. The zero-order valence-electron chi connectivity index (χ0n) is 13.0. The minimum Gasteiger partial charge on any atom is -0.457 e. The van der Waals surface area contributed by atoms with Gasteiger partial charge < -0.3 is 28.4 Å². The predicted molar refractivity (Wildman–Crippen MR) is 69.2 cm³/mol. The fourth-order valence-corrected chi connectivity index (χ4v) is 3.07. The summed E-state index contributed by atoms with van der Waals surface area (Å²) in [4.78, 5) is 11.3. The van der Waals surface area contributed by atoms with Crippen LogP contribution in [-0.2, 0) is 33.2 Å². The fourth-order valence-electron chi connectivity index (χ4n) is 3.07. The van der Waals surface area contributed by atoms with Crippen LogP contribution in [-0.4, -0.2) is 54.9 Å². The molecule has 7 heteroatoms. The lowest BCUT2D eigenvalue weighted by molar-refractivity contribution is -0.210. The molecule has 0 bridgehead atoms. The number of carbonyl (C=O) groups excluding carboxylic acids is 1. The standard InChI is InChI=1S/C14H22O7/c1-7(15)17-8-6-16-12-11(20-14(4,5)21-12)10-9(8)18-13(2,3)19-10/h8-12H,6H2,1-5H3/t8-,9-,10-,11+,12+/m0/s1. The van der Waals surface area contributed by atoms with Crippen molar-refractivity contribution in [1.29, 1.82) is 0 Å². The van der Waals surface area contributed by atoms with Crippen molar-refractivity contribution >= 4 is 5.97 Å². The Labute approximate surface area is 123 Å². The molecule has 3 rings (SSSR count). The number of carbonyl (C=O) groups is 1. The summed E-state index contributed by atoms with van der Waals surface area (Å²) in [5, 5.41) is 0. The number of esters is 1. The lowest BCUT2D eigenvalue weighted by atomic mass is 10.0. The molecule has 5 atom stereocenters. The number of ether oxygens (including phenoxy) is 6. The highest BCUT2D eigenvalue weighted by molar-refractivity contribution is 5.66. The second-order valence-electron chi connectivity index (χ2n) is 6.51. The molecule has 3 heterocycles. The minimum absolute atomic E-state index is 0.181. The fraction of sp³-hybridized carbons (Fsp3) is 0.929. The van der Waals surface area contributed by atoms with Gasteiger partial charge in [-0.25, -0.2) is 0 Å². The van der Waals surface area contributed by atoms with Gasteiger partial charge in [-0.2, -0.15) is 0 Å². The quantitative estimate of drug-likeness (QED) is 0.668. The molecule has 3 fully saturated rings. The van der Waals surface area contributed by atoms with Crippen molar-refractivity contribution in [3.63, 3.8) is 0 Å². The van der Waals surface area contributed by atoms with Crippen molar-refractivity contribution in [1.82, 2.24) is 0 Å². The first-order valence-electron chi connectivity index (χ1n) is 7.17. The Morgan fingerprint density at radius 1 is 0.952 bits per heavy atom. The van der Waals surface area contributed by atoms with Gasteiger partial charge in [-0.05, 0) is 27.7 Å². The normalized spacial score (nSPS) is 43.8. The third kappa shape index (κ3) is 2.93. The van der Waals surface area contributed by atoms with Crippen LogP contribution >= 0.6 is 0 Å². The van der Waals surface area contributed by atoms with Gasteiger partial charge in [-0.3, -0.25) is 4.79 Å². The van der Waals surface area contributed by atoms with Crippen LogP contribution in [0.25, 0.3) is 0 Å². The van der Waals surface area contributed by atoms with Gasteiger partial charge in [0.2, 0.25) is 0 Å². The highest BCUT2D eigenvalue weighted by atomic mass is 16.8. The average molecular weight is 302 g/mol. The molecule has 3 aliphatic rings. The van der Waals surface area contributed by atoms with Gasteiger partial charge >= 0.3 is 5.97 Å². The molecule has 0 saturated carbocycles. The summed E-state index contributed by atoms with van der Waals surface area (Å²) >= 11 is 0. The molecule has 0 aromatic heterocycles. The highest BCUT2D eigenvalue weighted by Gasteiger charge is 2.58. The Morgan fingerprint density at radius 2 is 1.52 bits per heavy atom. The molecular formula is C14H22O7. The van der Waals surface area contributed by atoms with Gasteiger partial charge in [0.25, 0.3) is 0 Å². The van der Waals surface area contributed by atoms with E-state index in [1.165, 1.54) is 6.92 Å². The van der Waals surface area contributed by atoms with E-state index in [0.717, 1.165) is 0 Å². The summed E-state index contributed by atoms with van der Waals surface area (Å²) in [6.07, 6.45) is -2.40. The molecule has 0 aromatic carbocycles. The lowest BCUT2D eigenvalue weighted by Crippen LogP contribution is -2.45. The number of hydrogen-bond donors (Lipinski definition) is 0. The van der Waals surface area contributed by atoms with Crippen LogP contribution < -0.4 is 0 Å². The van der Waals surface area contributed by atoms with Crippen molar-refractivity contribution in [2.45, 2.75) is 76.9 Å². The summed E-state index contributed by atoms with van der Waals surface area (Å²) in [5.74, 6) is -1.90. The molecule has 0 spiro atoms. The second kappa shape index (κ2) is 4.89. The van der Waals surface area contributed by atoms with E-state index in [0.29, 0.717) is 0 Å². The minimum atomic E-state index is -0.772. The van der Waals surface area contributed by atoms with E-state index in [4.69, 9.17) is 28.4 Å². The van der Waals surface area contributed by atoms with Gasteiger partial charge in [0.1, 0.15) is 18.3 Å². The van der Waals surface area contributed by atoms with Gasteiger partial charge in [-0.1, -0.05) is 0 Å². The SMILES string of the molecule is CC(=O)O[C@H]1CO[C@@H]2OC(C)(C)O[C@@H]2[C@H]2OC(C)(C)O[C@H]21. The summed E-state index contributed by atoms with van der Waals surface area (Å²) in [6, 6.07) is 0. The smallest absolute Gasteiger partial charge is 0.303 e. The van der Waals surface area contributed by atoms with Crippen LogP contribution in [0, 0.1) is 0 Å². The van der Waals surface area contributed by atoms with Crippen molar-refractivity contribution in [3.05, 3.63) is 0 Å². The Balaban J connectivity index is 1.86. The number of rotatable bonds is 1. The topological polar surface area (TPSA) is 72.5 Å². The molecule has 120 valence electrons. The molecule has 0 unspecified atom stereocenters. The van der Waals surface area contributed by atoms with E-state index in [1.807, 2.05) is 27.7 Å². The van der Waals surface area contributed by atoms with Crippen molar-refractivity contribution in [2.24, 2.45) is 0 Å². The highest BCUT2D eigenvalue weighted by Crippen LogP contribution is 2.42. The summed E-state index contributed by atoms with van der Waals surface area (Å²) in [6.45, 7) is 8.83. The molecule has 0 aliphatic carbocycles. The molecular weight excluding hydrogens is 280 g/mol. The van der Waals surface area contributed by atoms with E-state index in [2.05, 4.69) is 0 Å². The third-order valence-corrected chi connectivity index (χ3v) is 3.68. The van der Waals surface area contributed by atoms with Crippen LogP contribution in [0.3, 0.4) is 0 Å². The first kappa shape index (κ1) is 15.2. The molecule has 0 N–H and O–H groups in total. The second-order valence-corrected chi connectivity index (χ2v) is 6.51. The number of fused-ring (bicyclic) bond motifs is 3.